The lowest BCUT2D eigenvalue weighted by Gasteiger charge is -2.17. The van der Waals surface area contributed by atoms with Gasteiger partial charge in [-0.25, -0.2) is 4.39 Å². The van der Waals surface area contributed by atoms with Gasteiger partial charge in [0.25, 0.3) is 0 Å². The molecule has 0 atom stereocenters. The molecule has 0 radical (unpaired) electrons. The Balaban J connectivity index is 1.80. The molecule has 0 bridgehead atoms. The van der Waals surface area contributed by atoms with Crippen molar-refractivity contribution in [3.05, 3.63) is 63.9 Å². The van der Waals surface area contributed by atoms with E-state index in [1.54, 1.807) is 42.3 Å². The minimum absolute atomic E-state index is 0.0499. The zero-order valence-electron chi connectivity index (χ0n) is 12.6. The average molecular weight is 356 g/mol. The summed E-state index contributed by atoms with van der Waals surface area (Å²) >= 11 is 11.8. The van der Waals surface area contributed by atoms with Crippen molar-refractivity contribution in [3.63, 3.8) is 0 Å². The summed E-state index contributed by atoms with van der Waals surface area (Å²) in [5.74, 6) is 0.203. The maximum Gasteiger partial charge on any atom is 0.226 e. The molecule has 0 aliphatic heterocycles. The Morgan fingerprint density at radius 3 is 2.48 bits per heavy atom. The van der Waals surface area contributed by atoms with Crippen molar-refractivity contribution in [1.29, 1.82) is 0 Å². The van der Waals surface area contributed by atoms with Crippen molar-refractivity contribution in [2.75, 3.05) is 20.2 Å². The monoisotopic (exact) mass is 355 g/mol. The summed E-state index contributed by atoms with van der Waals surface area (Å²) in [4.78, 5) is 13.7. The van der Waals surface area contributed by atoms with E-state index >= 15 is 0 Å². The van der Waals surface area contributed by atoms with Crippen LogP contribution in [0.3, 0.4) is 0 Å². The molecule has 1 amide bonds. The Labute approximate surface area is 144 Å². The lowest BCUT2D eigenvalue weighted by Crippen LogP contribution is -2.32. The molecule has 0 fully saturated rings. The molecule has 0 aliphatic carbocycles. The number of likely N-dealkylation sites (N-methyl/N-ethyl adjacent to an activating group) is 1. The molecular weight excluding hydrogens is 340 g/mol. The van der Waals surface area contributed by atoms with Crippen LogP contribution in [-0.4, -0.2) is 31.0 Å². The van der Waals surface area contributed by atoms with E-state index in [1.165, 1.54) is 12.1 Å². The molecule has 122 valence electrons. The van der Waals surface area contributed by atoms with Crippen LogP contribution in [0.4, 0.5) is 4.39 Å². The normalized spacial score (nSPS) is 10.4. The van der Waals surface area contributed by atoms with Crippen LogP contribution in [0.1, 0.15) is 5.56 Å². The highest BCUT2D eigenvalue weighted by Gasteiger charge is 2.11. The lowest BCUT2D eigenvalue weighted by atomic mass is 10.1. The first kappa shape index (κ1) is 17.6. The van der Waals surface area contributed by atoms with Crippen LogP contribution in [0.2, 0.25) is 10.0 Å². The zero-order chi connectivity index (χ0) is 16.8. The minimum atomic E-state index is -0.314. The molecule has 0 aromatic heterocycles. The number of nitrogens with zero attached hydrogens (tertiary/aromatic N) is 1. The van der Waals surface area contributed by atoms with E-state index in [0.717, 1.165) is 5.56 Å². The molecule has 0 heterocycles. The summed E-state index contributed by atoms with van der Waals surface area (Å²) in [6.45, 7) is 0.757. The standard InChI is InChI=1S/C17H16Cl2FNO2/c1-21(8-9-23-14-5-3-13(20)4-6-14)17(22)11-12-2-7-15(18)16(19)10-12/h2-7,10H,8-9,11H2,1H3. The van der Waals surface area contributed by atoms with Crippen molar-refractivity contribution in [1.82, 2.24) is 4.90 Å². The summed E-state index contributed by atoms with van der Waals surface area (Å²) in [7, 11) is 1.70. The number of carbonyl (C=O) groups excluding carboxylic acids is 1. The highest BCUT2D eigenvalue weighted by Crippen LogP contribution is 2.23. The van der Waals surface area contributed by atoms with Gasteiger partial charge in [0.1, 0.15) is 18.2 Å². The van der Waals surface area contributed by atoms with Gasteiger partial charge in [-0.15, -0.1) is 0 Å². The first-order chi connectivity index (χ1) is 11.0. The SMILES string of the molecule is CN(CCOc1ccc(F)cc1)C(=O)Cc1ccc(Cl)c(Cl)c1. The van der Waals surface area contributed by atoms with Gasteiger partial charge in [-0.3, -0.25) is 4.79 Å². The van der Waals surface area contributed by atoms with E-state index in [0.29, 0.717) is 28.9 Å². The molecule has 0 N–H and O–H groups in total. The van der Waals surface area contributed by atoms with Crippen molar-refractivity contribution in [3.8, 4) is 5.75 Å². The Morgan fingerprint density at radius 2 is 1.83 bits per heavy atom. The average Bonchev–Trinajstić information content (AvgIpc) is 2.52. The summed E-state index contributed by atoms with van der Waals surface area (Å²) < 4.78 is 18.2. The molecule has 2 rings (SSSR count). The van der Waals surface area contributed by atoms with Gasteiger partial charge in [-0.2, -0.15) is 0 Å². The van der Waals surface area contributed by atoms with Crippen LogP contribution < -0.4 is 4.74 Å². The molecular formula is C17H16Cl2FNO2. The molecule has 3 nitrogen and oxygen atoms in total. The quantitative estimate of drug-likeness (QED) is 0.776. The molecule has 0 aliphatic rings. The van der Waals surface area contributed by atoms with Crippen LogP contribution >= 0.6 is 23.2 Å². The second-order valence-electron chi connectivity index (χ2n) is 5.04. The third kappa shape index (κ3) is 5.41. The summed E-state index contributed by atoms with van der Waals surface area (Å²) in [6.07, 6.45) is 0.240. The third-order valence-electron chi connectivity index (χ3n) is 3.27. The Kier molecular flexibility index (Phi) is 6.25. The number of benzene rings is 2. The fourth-order valence-corrected chi connectivity index (χ4v) is 2.24. The molecule has 0 unspecified atom stereocenters. The smallest absolute Gasteiger partial charge is 0.226 e. The van der Waals surface area contributed by atoms with Gasteiger partial charge < -0.3 is 9.64 Å². The third-order valence-corrected chi connectivity index (χ3v) is 4.01. The molecule has 0 saturated carbocycles. The topological polar surface area (TPSA) is 29.5 Å². The lowest BCUT2D eigenvalue weighted by molar-refractivity contribution is -0.129. The molecule has 0 saturated heterocycles. The van der Waals surface area contributed by atoms with Gasteiger partial charge >= 0.3 is 0 Å². The van der Waals surface area contributed by atoms with Crippen LogP contribution in [0.25, 0.3) is 0 Å². The van der Waals surface area contributed by atoms with E-state index in [9.17, 15) is 9.18 Å². The first-order valence-corrected chi connectivity index (χ1v) is 7.77. The molecule has 23 heavy (non-hydrogen) atoms. The molecule has 2 aromatic rings. The van der Waals surface area contributed by atoms with Gasteiger partial charge in [-0.05, 0) is 42.0 Å². The van der Waals surface area contributed by atoms with E-state index in [2.05, 4.69) is 0 Å². The Morgan fingerprint density at radius 1 is 1.13 bits per heavy atom. The van der Waals surface area contributed by atoms with Crippen LogP contribution in [-0.2, 0) is 11.2 Å². The second-order valence-corrected chi connectivity index (χ2v) is 5.86. The van der Waals surface area contributed by atoms with Crippen LogP contribution in [0.15, 0.2) is 42.5 Å². The van der Waals surface area contributed by atoms with Gasteiger partial charge in [0.05, 0.1) is 23.0 Å². The fourth-order valence-electron chi connectivity index (χ4n) is 1.92. The van der Waals surface area contributed by atoms with E-state index in [-0.39, 0.29) is 18.1 Å². The number of amides is 1. The van der Waals surface area contributed by atoms with Gasteiger partial charge in [0, 0.05) is 7.05 Å². The first-order valence-electron chi connectivity index (χ1n) is 7.02. The van der Waals surface area contributed by atoms with E-state index in [1.807, 2.05) is 0 Å². The number of carbonyl (C=O) groups is 1. The minimum Gasteiger partial charge on any atom is -0.492 e. The number of hydrogen-bond acceptors (Lipinski definition) is 2. The maximum atomic E-state index is 12.8. The molecule has 2 aromatic carbocycles. The fraction of sp³-hybridized carbons (Fsp3) is 0.235. The van der Waals surface area contributed by atoms with Crippen molar-refractivity contribution in [2.24, 2.45) is 0 Å². The number of ether oxygens (including phenoxy) is 1. The Hall–Kier alpha value is -1.78. The van der Waals surface area contributed by atoms with Crippen molar-refractivity contribution >= 4 is 29.1 Å². The second kappa shape index (κ2) is 8.18. The van der Waals surface area contributed by atoms with Gasteiger partial charge in [0.15, 0.2) is 0 Å². The van der Waals surface area contributed by atoms with E-state index in [4.69, 9.17) is 27.9 Å². The maximum absolute atomic E-state index is 12.8. The van der Waals surface area contributed by atoms with Gasteiger partial charge in [-0.1, -0.05) is 29.3 Å². The number of halogens is 3. The largest absolute Gasteiger partial charge is 0.492 e. The molecule has 0 spiro atoms. The predicted molar refractivity (Wildman–Crippen MR) is 89.7 cm³/mol. The molecule has 6 heteroatoms. The highest BCUT2D eigenvalue weighted by atomic mass is 35.5. The number of rotatable bonds is 6. The zero-order valence-corrected chi connectivity index (χ0v) is 14.1. The van der Waals surface area contributed by atoms with Crippen LogP contribution in [0, 0.1) is 5.82 Å². The van der Waals surface area contributed by atoms with Crippen molar-refractivity contribution < 1.29 is 13.9 Å². The summed E-state index contributed by atoms with van der Waals surface area (Å²) in [6, 6.07) is 10.9. The number of hydrogen-bond donors (Lipinski definition) is 0. The van der Waals surface area contributed by atoms with Crippen molar-refractivity contribution in [2.45, 2.75) is 6.42 Å². The predicted octanol–water partition coefficient (Wildman–Crippen LogP) is 4.21. The summed E-state index contributed by atoms with van der Waals surface area (Å²) in [5.41, 5.74) is 0.802. The van der Waals surface area contributed by atoms with E-state index < -0.39 is 0 Å². The van der Waals surface area contributed by atoms with Crippen LogP contribution in [0.5, 0.6) is 5.75 Å². The summed E-state index contributed by atoms with van der Waals surface area (Å²) in [5, 5.41) is 0.892. The van der Waals surface area contributed by atoms with Gasteiger partial charge in [0.2, 0.25) is 5.91 Å². The Bertz CT molecular complexity index is 677. The highest BCUT2D eigenvalue weighted by molar-refractivity contribution is 6.42.